The molecule has 1 rings (SSSR count). The molecule has 0 aliphatic carbocycles. The van der Waals surface area contributed by atoms with Crippen LogP contribution in [0.5, 0.6) is 0 Å². The molecule has 1 aromatic heterocycles. The van der Waals surface area contributed by atoms with Crippen LogP contribution >= 0.6 is 0 Å². The van der Waals surface area contributed by atoms with E-state index >= 15 is 0 Å². The van der Waals surface area contributed by atoms with Gasteiger partial charge in [-0.3, -0.25) is 9.48 Å². The molecule has 0 atom stereocenters. The molecule has 2 amide bonds. The molecule has 0 saturated carbocycles. The maximum atomic E-state index is 11.2. The predicted molar refractivity (Wildman–Crippen MR) is 60.5 cm³/mol. The lowest BCUT2D eigenvalue weighted by Crippen LogP contribution is -2.38. The number of carbonyl (C=O) groups excluding carboxylic acids is 1. The number of hydrogen-bond acceptors (Lipinski definition) is 3. The Morgan fingerprint density at radius 3 is 2.71 bits per heavy atom. The SMILES string of the molecule is CCc1cc(CNC(=O)NCC(=O)O)n(C)n1. The summed E-state index contributed by atoms with van der Waals surface area (Å²) in [5.74, 6) is -1.08. The number of amides is 2. The lowest BCUT2D eigenvalue weighted by atomic mass is 10.3. The zero-order chi connectivity index (χ0) is 12.8. The summed E-state index contributed by atoms with van der Waals surface area (Å²) in [5.41, 5.74) is 1.82. The Hall–Kier alpha value is -2.05. The fraction of sp³-hybridized carbons (Fsp3) is 0.500. The van der Waals surface area contributed by atoms with Crippen LogP contribution in [0.4, 0.5) is 4.79 Å². The van der Waals surface area contributed by atoms with Gasteiger partial charge in [0, 0.05) is 7.05 Å². The number of aromatic nitrogens is 2. The fourth-order valence-electron chi connectivity index (χ4n) is 1.30. The Morgan fingerprint density at radius 2 is 2.18 bits per heavy atom. The molecule has 0 radical (unpaired) electrons. The molecule has 17 heavy (non-hydrogen) atoms. The summed E-state index contributed by atoms with van der Waals surface area (Å²) in [6.45, 7) is 1.92. The first-order chi connectivity index (χ1) is 8.02. The molecule has 0 unspecified atom stereocenters. The summed E-state index contributed by atoms with van der Waals surface area (Å²) >= 11 is 0. The highest BCUT2D eigenvalue weighted by atomic mass is 16.4. The number of carboxylic acid groups (broad SMARTS) is 1. The third-order valence-corrected chi connectivity index (χ3v) is 2.22. The average molecular weight is 240 g/mol. The maximum Gasteiger partial charge on any atom is 0.323 e. The van der Waals surface area contributed by atoms with Gasteiger partial charge < -0.3 is 15.7 Å². The minimum atomic E-state index is -1.08. The number of nitrogens with one attached hydrogen (secondary N) is 2. The number of urea groups is 1. The minimum absolute atomic E-state index is 0.314. The van der Waals surface area contributed by atoms with E-state index in [9.17, 15) is 9.59 Å². The number of aliphatic carboxylic acids is 1. The van der Waals surface area contributed by atoms with Gasteiger partial charge in [0.05, 0.1) is 17.9 Å². The lowest BCUT2D eigenvalue weighted by molar-refractivity contribution is -0.135. The molecule has 0 aliphatic rings. The van der Waals surface area contributed by atoms with Crippen molar-refractivity contribution in [1.29, 1.82) is 0 Å². The molecular formula is C10H16N4O3. The van der Waals surface area contributed by atoms with Gasteiger partial charge in [0.15, 0.2) is 0 Å². The van der Waals surface area contributed by atoms with E-state index in [0.717, 1.165) is 17.8 Å². The molecule has 7 nitrogen and oxygen atoms in total. The number of carbonyl (C=O) groups is 2. The second-order valence-electron chi connectivity index (χ2n) is 3.53. The number of rotatable bonds is 5. The number of nitrogens with zero attached hydrogens (tertiary/aromatic N) is 2. The van der Waals surface area contributed by atoms with E-state index in [4.69, 9.17) is 5.11 Å². The molecule has 0 bridgehead atoms. The molecule has 1 aromatic rings. The topological polar surface area (TPSA) is 96.3 Å². The summed E-state index contributed by atoms with van der Waals surface area (Å²) in [6, 6.07) is 1.39. The summed E-state index contributed by atoms with van der Waals surface area (Å²) < 4.78 is 1.69. The van der Waals surface area contributed by atoms with Crippen molar-refractivity contribution in [3.8, 4) is 0 Å². The highest BCUT2D eigenvalue weighted by molar-refractivity contribution is 5.79. The summed E-state index contributed by atoms with van der Waals surface area (Å²) in [5, 5.41) is 17.4. The van der Waals surface area contributed by atoms with E-state index in [2.05, 4.69) is 15.7 Å². The summed E-state index contributed by atoms with van der Waals surface area (Å²) in [6.07, 6.45) is 0.832. The summed E-state index contributed by atoms with van der Waals surface area (Å²) in [4.78, 5) is 21.4. The van der Waals surface area contributed by atoms with Gasteiger partial charge in [-0.05, 0) is 12.5 Å². The average Bonchev–Trinajstić information content (AvgIpc) is 2.64. The second-order valence-corrected chi connectivity index (χ2v) is 3.53. The van der Waals surface area contributed by atoms with Crippen molar-refractivity contribution in [1.82, 2.24) is 20.4 Å². The summed E-state index contributed by atoms with van der Waals surface area (Å²) in [7, 11) is 1.80. The van der Waals surface area contributed by atoms with E-state index in [1.807, 2.05) is 13.0 Å². The van der Waals surface area contributed by atoms with Gasteiger partial charge in [-0.2, -0.15) is 5.10 Å². The maximum absolute atomic E-state index is 11.2. The van der Waals surface area contributed by atoms with Crippen LogP contribution in [0.3, 0.4) is 0 Å². The molecule has 0 aliphatic heterocycles. The monoisotopic (exact) mass is 240 g/mol. The molecule has 0 fully saturated rings. The molecule has 94 valence electrons. The fourth-order valence-corrected chi connectivity index (χ4v) is 1.30. The second kappa shape index (κ2) is 5.88. The highest BCUT2D eigenvalue weighted by Crippen LogP contribution is 2.02. The molecule has 1 heterocycles. The largest absolute Gasteiger partial charge is 0.480 e. The molecule has 0 aromatic carbocycles. The first-order valence-corrected chi connectivity index (χ1v) is 5.28. The third kappa shape index (κ3) is 4.13. The van der Waals surface area contributed by atoms with Crippen LogP contribution in [0.25, 0.3) is 0 Å². The van der Waals surface area contributed by atoms with E-state index in [1.165, 1.54) is 0 Å². The van der Waals surface area contributed by atoms with Crippen molar-refractivity contribution >= 4 is 12.0 Å². The zero-order valence-corrected chi connectivity index (χ0v) is 9.86. The van der Waals surface area contributed by atoms with Crippen LogP contribution in [-0.2, 0) is 24.8 Å². The first-order valence-electron chi connectivity index (χ1n) is 5.28. The Balaban J connectivity index is 2.41. The minimum Gasteiger partial charge on any atom is -0.480 e. The van der Waals surface area contributed by atoms with Gasteiger partial charge in [0.1, 0.15) is 6.54 Å². The van der Waals surface area contributed by atoms with Crippen LogP contribution in [0, 0.1) is 0 Å². The molecular weight excluding hydrogens is 224 g/mol. The highest BCUT2D eigenvalue weighted by Gasteiger charge is 2.06. The molecule has 3 N–H and O–H groups in total. The smallest absolute Gasteiger partial charge is 0.323 e. The zero-order valence-electron chi connectivity index (χ0n) is 9.86. The van der Waals surface area contributed by atoms with Crippen LogP contribution < -0.4 is 10.6 Å². The van der Waals surface area contributed by atoms with Crippen molar-refractivity contribution in [3.05, 3.63) is 17.5 Å². The number of aryl methyl sites for hydroxylation is 2. The quantitative estimate of drug-likeness (QED) is 0.667. The van der Waals surface area contributed by atoms with Crippen LogP contribution in [0.2, 0.25) is 0 Å². The van der Waals surface area contributed by atoms with Crippen molar-refractivity contribution < 1.29 is 14.7 Å². The Labute approximate surface area is 98.8 Å². The third-order valence-electron chi connectivity index (χ3n) is 2.22. The van der Waals surface area contributed by atoms with Gasteiger partial charge in [0.25, 0.3) is 0 Å². The number of carboxylic acids is 1. The van der Waals surface area contributed by atoms with E-state index in [-0.39, 0.29) is 0 Å². The normalized spacial score (nSPS) is 10.0. The Bertz CT molecular complexity index is 414. The van der Waals surface area contributed by atoms with Crippen LogP contribution in [-0.4, -0.2) is 33.4 Å². The molecule has 0 saturated heterocycles. The molecule has 0 spiro atoms. The van der Waals surface area contributed by atoms with E-state index in [0.29, 0.717) is 6.54 Å². The van der Waals surface area contributed by atoms with E-state index in [1.54, 1.807) is 11.7 Å². The number of hydrogen-bond donors (Lipinski definition) is 3. The predicted octanol–water partition coefficient (Wildman–Crippen LogP) is -0.134. The van der Waals surface area contributed by atoms with Crippen LogP contribution in [0.15, 0.2) is 6.07 Å². The standard InChI is InChI=1S/C10H16N4O3/c1-3-7-4-8(14(2)13-7)5-11-10(17)12-6-9(15)16/h4H,3,5-6H2,1-2H3,(H,15,16)(H2,11,12,17). The van der Waals surface area contributed by atoms with Crippen molar-refractivity contribution in [2.75, 3.05) is 6.54 Å². The van der Waals surface area contributed by atoms with Crippen molar-refractivity contribution in [3.63, 3.8) is 0 Å². The van der Waals surface area contributed by atoms with E-state index < -0.39 is 18.5 Å². The molecule has 7 heteroatoms. The van der Waals surface area contributed by atoms with Gasteiger partial charge in [-0.1, -0.05) is 6.92 Å². The van der Waals surface area contributed by atoms with Gasteiger partial charge in [-0.15, -0.1) is 0 Å². The lowest BCUT2D eigenvalue weighted by Gasteiger charge is -2.05. The van der Waals surface area contributed by atoms with Crippen molar-refractivity contribution in [2.45, 2.75) is 19.9 Å². The van der Waals surface area contributed by atoms with Gasteiger partial charge >= 0.3 is 12.0 Å². The Morgan fingerprint density at radius 1 is 1.47 bits per heavy atom. The van der Waals surface area contributed by atoms with Gasteiger partial charge in [0.2, 0.25) is 0 Å². The van der Waals surface area contributed by atoms with Crippen LogP contribution in [0.1, 0.15) is 18.3 Å². The van der Waals surface area contributed by atoms with Gasteiger partial charge in [-0.25, -0.2) is 4.79 Å². The van der Waals surface area contributed by atoms with Crippen molar-refractivity contribution in [2.24, 2.45) is 7.05 Å². The Kier molecular flexibility index (Phi) is 4.50. The first kappa shape index (κ1) is 13.0.